The molecule has 0 saturated carbocycles. The molecule has 1 aromatic heterocycles. The third-order valence-electron chi connectivity index (χ3n) is 3.27. The van der Waals surface area contributed by atoms with Gasteiger partial charge in [0.05, 0.1) is 5.02 Å². The fraction of sp³-hybridized carbons (Fsp3) is 0.111. The molecule has 0 fully saturated rings. The first kappa shape index (κ1) is 17.6. The summed E-state index contributed by atoms with van der Waals surface area (Å²) < 4.78 is 33.1. The molecule has 0 aliphatic carbocycles. The molecule has 0 saturated heterocycles. The van der Waals surface area contributed by atoms with Crippen molar-refractivity contribution in [3.8, 4) is 11.6 Å². The normalized spacial score (nSPS) is 10.7. The molecule has 0 unspecified atom stereocenters. The molecule has 0 aliphatic rings. The molecule has 3 aromatic rings. The fourth-order valence-electron chi connectivity index (χ4n) is 2.08. The number of thioether (sulfide) groups is 1. The molecule has 7 heteroatoms. The number of rotatable bonds is 5. The van der Waals surface area contributed by atoms with Crippen LogP contribution in [0, 0.1) is 18.6 Å². The Bertz CT molecular complexity index is 888. The van der Waals surface area contributed by atoms with Crippen LogP contribution in [-0.4, -0.2) is 9.97 Å². The summed E-state index contributed by atoms with van der Waals surface area (Å²) in [5.41, 5.74) is 0.666. The molecule has 0 N–H and O–H groups in total. The zero-order valence-corrected chi connectivity index (χ0v) is 14.7. The van der Waals surface area contributed by atoms with Gasteiger partial charge in [0.25, 0.3) is 0 Å². The van der Waals surface area contributed by atoms with E-state index < -0.39 is 11.6 Å². The highest BCUT2D eigenvalue weighted by molar-refractivity contribution is 7.98. The maximum atomic E-state index is 13.7. The molecule has 1 heterocycles. The number of aromatic nitrogens is 2. The zero-order valence-electron chi connectivity index (χ0n) is 13.2. The van der Waals surface area contributed by atoms with Crippen molar-refractivity contribution in [3.63, 3.8) is 0 Å². The Balaban J connectivity index is 1.79. The predicted molar refractivity (Wildman–Crippen MR) is 94.2 cm³/mol. The zero-order chi connectivity index (χ0) is 17.8. The topological polar surface area (TPSA) is 35.0 Å². The summed E-state index contributed by atoms with van der Waals surface area (Å²) in [7, 11) is 0. The molecule has 2 aromatic carbocycles. The lowest BCUT2D eigenvalue weighted by atomic mass is 10.2. The molecule has 0 bridgehead atoms. The fourth-order valence-corrected chi connectivity index (χ4v) is 3.16. The van der Waals surface area contributed by atoms with Gasteiger partial charge in [-0.1, -0.05) is 41.6 Å². The SMILES string of the molecule is Cc1cc(Oc2ccccc2Cl)nc(SCc2c(F)cccc2F)n1. The van der Waals surface area contributed by atoms with Crippen LogP contribution in [0.1, 0.15) is 11.3 Å². The number of para-hydroxylation sites is 1. The van der Waals surface area contributed by atoms with Gasteiger partial charge < -0.3 is 4.74 Å². The van der Waals surface area contributed by atoms with E-state index in [0.29, 0.717) is 27.5 Å². The maximum Gasteiger partial charge on any atom is 0.223 e. The molecule has 128 valence electrons. The molecular formula is C18H13ClF2N2OS. The Morgan fingerprint density at radius 1 is 1.04 bits per heavy atom. The van der Waals surface area contributed by atoms with Crippen LogP contribution in [0.25, 0.3) is 0 Å². The second kappa shape index (κ2) is 7.80. The second-order valence-corrected chi connectivity index (χ2v) is 6.50. The van der Waals surface area contributed by atoms with E-state index in [9.17, 15) is 8.78 Å². The predicted octanol–water partition coefficient (Wildman–Crippen LogP) is 5.80. The van der Waals surface area contributed by atoms with E-state index in [0.717, 1.165) is 11.8 Å². The Labute approximate surface area is 153 Å². The highest BCUT2D eigenvalue weighted by Gasteiger charge is 2.12. The minimum absolute atomic E-state index is 0.00817. The largest absolute Gasteiger partial charge is 0.437 e. The summed E-state index contributed by atoms with van der Waals surface area (Å²) in [4.78, 5) is 8.54. The van der Waals surface area contributed by atoms with Gasteiger partial charge in [-0.2, -0.15) is 4.98 Å². The number of ether oxygens (including phenoxy) is 1. The molecule has 0 amide bonds. The number of nitrogens with zero attached hydrogens (tertiary/aromatic N) is 2. The van der Waals surface area contributed by atoms with E-state index in [-0.39, 0.29) is 11.3 Å². The van der Waals surface area contributed by atoms with Gasteiger partial charge in [0.2, 0.25) is 5.88 Å². The highest BCUT2D eigenvalue weighted by atomic mass is 35.5. The molecule has 25 heavy (non-hydrogen) atoms. The quantitative estimate of drug-likeness (QED) is 0.415. The van der Waals surface area contributed by atoms with Crippen molar-refractivity contribution < 1.29 is 13.5 Å². The van der Waals surface area contributed by atoms with E-state index in [1.54, 1.807) is 37.3 Å². The van der Waals surface area contributed by atoms with Crippen molar-refractivity contribution in [2.45, 2.75) is 17.8 Å². The first-order valence-electron chi connectivity index (χ1n) is 7.36. The number of halogens is 3. The van der Waals surface area contributed by atoms with Crippen LogP contribution in [0.2, 0.25) is 5.02 Å². The average Bonchev–Trinajstić information content (AvgIpc) is 2.56. The Kier molecular flexibility index (Phi) is 5.50. The van der Waals surface area contributed by atoms with Gasteiger partial charge in [0.15, 0.2) is 5.16 Å². The Morgan fingerprint density at radius 2 is 1.76 bits per heavy atom. The number of aryl methyl sites for hydroxylation is 1. The Morgan fingerprint density at radius 3 is 2.48 bits per heavy atom. The van der Waals surface area contributed by atoms with E-state index in [2.05, 4.69) is 9.97 Å². The second-order valence-electron chi connectivity index (χ2n) is 5.15. The first-order chi connectivity index (χ1) is 12.0. The lowest BCUT2D eigenvalue weighted by molar-refractivity contribution is 0.454. The van der Waals surface area contributed by atoms with Gasteiger partial charge >= 0.3 is 0 Å². The summed E-state index contributed by atoms with van der Waals surface area (Å²) in [6.07, 6.45) is 0. The monoisotopic (exact) mass is 378 g/mol. The van der Waals surface area contributed by atoms with Gasteiger partial charge in [-0.05, 0) is 31.2 Å². The summed E-state index contributed by atoms with van der Waals surface area (Å²) >= 11 is 7.20. The van der Waals surface area contributed by atoms with Crippen molar-refractivity contribution in [1.82, 2.24) is 9.97 Å². The van der Waals surface area contributed by atoms with Crippen LogP contribution in [0.4, 0.5) is 8.78 Å². The average molecular weight is 379 g/mol. The van der Waals surface area contributed by atoms with Crippen LogP contribution in [0.3, 0.4) is 0 Å². The summed E-state index contributed by atoms with van der Waals surface area (Å²) in [6.45, 7) is 1.79. The van der Waals surface area contributed by atoms with Gasteiger partial charge in [-0.3, -0.25) is 0 Å². The van der Waals surface area contributed by atoms with Crippen LogP contribution in [-0.2, 0) is 5.75 Å². The summed E-state index contributed by atoms with van der Waals surface area (Å²) in [6, 6.07) is 12.5. The third kappa shape index (κ3) is 4.46. The van der Waals surface area contributed by atoms with E-state index in [4.69, 9.17) is 16.3 Å². The molecule has 0 spiro atoms. The van der Waals surface area contributed by atoms with Crippen LogP contribution < -0.4 is 4.74 Å². The smallest absolute Gasteiger partial charge is 0.223 e. The number of hydrogen-bond acceptors (Lipinski definition) is 4. The van der Waals surface area contributed by atoms with Crippen molar-refractivity contribution in [1.29, 1.82) is 0 Å². The first-order valence-corrected chi connectivity index (χ1v) is 8.73. The van der Waals surface area contributed by atoms with Crippen molar-refractivity contribution in [2.75, 3.05) is 0 Å². The van der Waals surface area contributed by atoms with Crippen molar-refractivity contribution in [3.05, 3.63) is 76.4 Å². The van der Waals surface area contributed by atoms with Crippen LogP contribution in [0.5, 0.6) is 11.6 Å². The molecule has 0 atom stereocenters. The van der Waals surface area contributed by atoms with Crippen LogP contribution in [0.15, 0.2) is 53.7 Å². The molecule has 3 nitrogen and oxygen atoms in total. The van der Waals surface area contributed by atoms with Gasteiger partial charge in [0, 0.05) is 23.1 Å². The summed E-state index contributed by atoms with van der Waals surface area (Å²) in [5.74, 6) is -0.316. The number of hydrogen-bond donors (Lipinski definition) is 0. The minimum Gasteiger partial charge on any atom is -0.437 e. The maximum absolute atomic E-state index is 13.7. The standard InChI is InChI=1S/C18H13ClF2N2OS/c1-11-9-17(24-16-8-3-2-5-13(16)19)23-18(22-11)25-10-12-14(20)6-4-7-15(12)21/h2-9H,10H2,1H3. The lowest BCUT2D eigenvalue weighted by Gasteiger charge is -2.09. The van der Waals surface area contributed by atoms with Crippen molar-refractivity contribution >= 4 is 23.4 Å². The molecule has 3 rings (SSSR count). The molecular weight excluding hydrogens is 366 g/mol. The van der Waals surface area contributed by atoms with E-state index in [1.807, 2.05) is 0 Å². The van der Waals surface area contributed by atoms with Crippen LogP contribution >= 0.6 is 23.4 Å². The molecule has 0 radical (unpaired) electrons. The third-order valence-corrected chi connectivity index (χ3v) is 4.45. The lowest BCUT2D eigenvalue weighted by Crippen LogP contribution is -1.97. The van der Waals surface area contributed by atoms with Gasteiger partial charge in [-0.25, -0.2) is 13.8 Å². The summed E-state index contributed by atoms with van der Waals surface area (Å²) in [5, 5.41) is 0.825. The van der Waals surface area contributed by atoms with E-state index in [1.165, 1.54) is 18.2 Å². The van der Waals surface area contributed by atoms with E-state index >= 15 is 0 Å². The Hall–Kier alpha value is -2.18. The minimum atomic E-state index is -0.590. The highest BCUT2D eigenvalue weighted by Crippen LogP contribution is 2.30. The van der Waals surface area contributed by atoms with Gasteiger partial charge in [-0.15, -0.1) is 0 Å². The number of benzene rings is 2. The van der Waals surface area contributed by atoms with Crippen molar-refractivity contribution in [2.24, 2.45) is 0 Å². The van der Waals surface area contributed by atoms with Gasteiger partial charge in [0.1, 0.15) is 17.4 Å². The molecule has 0 aliphatic heterocycles.